The van der Waals surface area contributed by atoms with Gasteiger partial charge in [-0.15, -0.1) is 5.10 Å². The fraction of sp³-hybridized carbons (Fsp3) is 0.579. The maximum atomic E-state index is 4.38. The Morgan fingerprint density at radius 3 is 2.52 bits per heavy atom. The van der Waals surface area contributed by atoms with E-state index in [-0.39, 0.29) is 0 Å². The quantitative estimate of drug-likeness (QED) is 0.820. The van der Waals surface area contributed by atoms with Crippen LogP contribution in [0, 0.1) is 0 Å². The largest absolute Gasteiger partial charge is 0.303 e. The number of likely N-dealkylation sites (tertiary alicyclic amines) is 1. The van der Waals surface area contributed by atoms with Crippen molar-refractivity contribution in [1.82, 2.24) is 19.9 Å². The van der Waals surface area contributed by atoms with Gasteiger partial charge in [0.05, 0.1) is 11.7 Å². The van der Waals surface area contributed by atoms with Crippen LogP contribution in [-0.2, 0) is 6.42 Å². The number of hydrogen-bond acceptors (Lipinski definition) is 3. The zero-order valence-electron chi connectivity index (χ0n) is 13.8. The summed E-state index contributed by atoms with van der Waals surface area (Å²) in [4.78, 5) is 2.61. The minimum atomic E-state index is 0.556. The molecule has 2 aromatic rings. The fourth-order valence-electron chi connectivity index (χ4n) is 3.59. The van der Waals surface area contributed by atoms with E-state index in [4.69, 9.17) is 0 Å². The molecule has 0 amide bonds. The summed E-state index contributed by atoms with van der Waals surface area (Å²) < 4.78 is 2.13. The first kappa shape index (κ1) is 14.9. The van der Waals surface area contributed by atoms with Crippen LogP contribution >= 0.6 is 0 Å². The number of benzene rings is 1. The van der Waals surface area contributed by atoms with Crippen LogP contribution in [0.25, 0.3) is 0 Å². The van der Waals surface area contributed by atoms with E-state index in [2.05, 4.69) is 56.4 Å². The van der Waals surface area contributed by atoms with Crippen LogP contribution in [0.5, 0.6) is 0 Å². The van der Waals surface area contributed by atoms with Gasteiger partial charge in [0, 0.05) is 25.2 Å². The molecule has 1 saturated heterocycles. The molecule has 0 unspecified atom stereocenters. The zero-order valence-corrected chi connectivity index (χ0v) is 13.8. The summed E-state index contributed by atoms with van der Waals surface area (Å²) in [5, 5.41) is 8.73. The highest BCUT2D eigenvalue weighted by molar-refractivity contribution is 5.14. The number of rotatable bonds is 6. The van der Waals surface area contributed by atoms with Crippen molar-refractivity contribution in [3.63, 3.8) is 0 Å². The van der Waals surface area contributed by atoms with Crippen molar-refractivity contribution in [2.24, 2.45) is 0 Å². The lowest BCUT2D eigenvalue weighted by atomic mass is 10.0. The smallest absolute Gasteiger partial charge is 0.0858 e. The van der Waals surface area contributed by atoms with Gasteiger partial charge in [-0.1, -0.05) is 35.5 Å². The molecule has 2 fully saturated rings. The first-order valence-corrected chi connectivity index (χ1v) is 9.06. The first-order chi connectivity index (χ1) is 11.4. The normalized spacial score (nSPS) is 20.0. The second-order valence-corrected chi connectivity index (χ2v) is 7.06. The lowest BCUT2D eigenvalue weighted by Crippen LogP contribution is -2.35. The average Bonchev–Trinajstić information content (AvgIpc) is 3.34. The maximum absolute atomic E-state index is 4.38. The molecule has 1 saturated carbocycles. The van der Waals surface area contributed by atoms with Crippen molar-refractivity contribution in [2.75, 3.05) is 19.6 Å². The minimum absolute atomic E-state index is 0.556. The van der Waals surface area contributed by atoms with Gasteiger partial charge in [-0.25, -0.2) is 4.68 Å². The molecule has 23 heavy (non-hydrogen) atoms. The molecule has 4 nitrogen and oxygen atoms in total. The standard InChI is InChI=1S/C19H26N4/c1-2-5-16(6-3-1)7-4-12-22-13-10-18(11-14-22)23-15-19(20-21-23)17-8-9-17/h1-3,5-6,15,17-18H,4,7-14H2. The van der Waals surface area contributed by atoms with Crippen LogP contribution in [0.3, 0.4) is 0 Å². The third-order valence-electron chi connectivity index (χ3n) is 5.24. The van der Waals surface area contributed by atoms with Gasteiger partial charge in [0.1, 0.15) is 0 Å². The average molecular weight is 310 g/mol. The molecule has 122 valence electrons. The second kappa shape index (κ2) is 6.83. The summed E-state index contributed by atoms with van der Waals surface area (Å²) in [6.45, 7) is 3.60. The number of aryl methyl sites for hydroxylation is 1. The molecule has 0 radical (unpaired) electrons. The highest BCUT2D eigenvalue weighted by Crippen LogP contribution is 2.39. The molecule has 4 rings (SSSR count). The molecular weight excluding hydrogens is 284 g/mol. The number of nitrogens with zero attached hydrogens (tertiary/aromatic N) is 4. The summed E-state index contributed by atoms with van der Waals surface area (Å²) in [5.41, 5.74) is 2.67. The number of piperidine rings is 1. The lowest BCUT2D eigenvalue weighted by Gasteiger charge is -2.31. The van der Waals surface area contributed by atoms with Crippen LogP contribution in [-0.4, -0.2) is 39.5 Å². The minimum Gasteiger partial charge on any atom is -0.303 e. The van der Waals surface area contributed by atoms with Crippen LogP contribution in [0.4, 0.5) is 0 Å². The van der Waals surface area contributed by atoms with Gasteiger partial charge in [-0.05, 0) is 50.6 Å². The Morgan fingerprint density at radius 2 is 1.78 bits per heavy atom. The highest BCUT2D eigenvalue weighted by Gasteiger charge is 2.28. The molecule has 1 aromatic carbocycles. The zero-order chi connectivity index (χ0) is 15.5. The van der Waals surface area contributed by atoms with E-state index in [1.165, 1.54) is 69.4 Å². The molecular formula is C19H26N4. The van der Waals surface area contributed by atoms with Crippen LogP contribution in [0.1, 0.15) is 55.3 Å². The summed E-state index contributed by atoms with van der Waals surface area (Å²) in [7, 11) is 0. The van der Waals surface area contributed by atoms with Crippen molar-refractivity contribution in [1.29, 1.82) is 0 Å². The topological polar surface area (TPSA) is 34.0 Å². The maximum Gasteiger partial charge on any atom is 0.0858 e. The van der Waals surface area contributed by atoms with Gasteiger partial charge in [0.15, 0.2) is 0 Å². The molecule has 1 aliphatic carbocycles. The van der Waals surface area contributed by atoms with Gasteiger partial charge < -0.3 is 4.90 Å². The SMILES string of the molecule is c1ccc(CCCN2CCC(n3cc(C4CC4)nn3)CC2)cc1. The molecule has 0 N–H and O–H groups in total. The fourth-order valence-corrected chi connectivity index (χ4v) is 3.59. The second-order valence-electron chi connectivity index (χ2n) is 7.06. The van der Waals surface area contributed by atoms with Crippen LogP contribution in [0.15, 0.2) is 36.5 Å². The summed E-state index contributed by atoms with van der Waals surface area (Å²) >= 11 is 0. The van der Waals surface area contributed by atoms with E-state index in [0.717, 1.165) is 0 Å². The van der Waals surface area contributed by atoms with E-state index >= 15 is 0 Å². The monoisotopic (exact) mass is 310 g/mol. The lowest BCUT2D eigenvalue weighted by molar-refractivity contribution is 0.177. The van der Waals surface area contributed by atoms with Crippen molar-refractivity contribution in [3.8, 4) is 0 Å². The van der Waals surface area contributed by atoms with Gasteiger partial charge in [-0.2, -0.15) is 0 Å². The highest BCUT2D eigenvalue weighted by atomic mass is 15.4. The predicted octanol–water partition coefficient (Wildman–Crippen LogP) is 3.43. The van der Waals surface area contributed by atoms with E-state index in [9.17, 15) is 0 Å². The third kappa shape index (κ3) is 3.81. The van der Waals surface area contributed by atoms with Gasteiger partial charge in [0.25, 0.3) is 0 Å². The van der Waals surface area contributed by atoms with Crippen molar-refractivity contribution in [2.45, 2.75) is 50.5 Å². The van der Waals surface area contributed by atoms with E-state index in [1.54, 1.807) is 0 Å². The molecule has 2 aliphatic rings. The van der Waals surface area contributed by atoms with Crippen molar-refractivity contribution in [3.05, 3.63) is 47.8 Å². The Hall–Kier alpha value is -1.68. The van der Waals surface area contributed by atoms with Gasteiger partial charge in [-0.3, -0.25) is 0 Å². The van der Waals surface area contributed by atoms with E-state index in [1.807, 2.05) is 0 Å². The summed E-state index contributed by atoms with van der Waals surface area (Å²) in [6.07, 6.45) is 9.67. The van der Waals surface area contributed by atoms with Crippen molar-refractivity contribution < 1.29 is 0 Å². The Bertz CT molecular complexity index is 609. The van der Waals surface area contributed by atoms with Crippen LogP contribution in [0.2, 0.25) is 0 Å². The van der Waals surface area contributed by atoms with Crippen molar-refractivity contribution >= 4 is 0 Å². The predicted molar refractivity (Wildman–Crippen MR) is 91.5 cm³/mol. The third-order valence-corrected chi connectivity index (χ3v) is 5.24. The molecule has 1 aromatic heterocycles. The first-order valence-electron chi connectivity index (χ1n) is 9.06. The van der Waals surface area contributed by atoms with E-state index in [0.29, 0.717) is 12.0 Å². The Morgan fingerprint density at radius 1 is 1.00 bits per heavy atom. The van der Waals surface area contributed by atoms with Crippen LogP contribution < -0.4 is 0 Å². The number of hydrogen-bond donors (Lipinski definition) is 0. The molecule has 4 heteroatoms. The van der Waals surface area contributed by atoms with Gasteiger partial charge >= 0.3 is 0 Å². The summed E-state index contributed by atoms with van der Waals surface area (Å²) in [5.74, 6) is 0.710. The van der Waals surface area contributed by atoms with Gasteiger partial charge in [0.2, 0.25) is 0 Å². The molecule has 0 bridgehead atoms. The number of aromatic nitrogens is 3. The van der Waals surface area contributed by atoms with E-state index < -0.39 is 0 Å². The molecule has 0 atom stereocenters. The Labute approximate surface area is 138 Å². The summed E-state index contributed by atoms with van der Waals surface area (Å²) in [6, 6.07) is 11.4. The Kier molecular flexibility index (Phi) is 4.42. The molecule has 2 heterocycles. The Balaban J connectivity index is 1.21. The molecule has 0 spiro atoms. The molecule has 1 aliphatic heterocycles.